The van der Waals surface area contributed by atoms with E-state index < -0.39 is 0 Å². The normalized spacial score (nSPS) is 14.2. The van der Waals surface area contributed by atoms with Crippen LogP contribution in [0, 0.1) is 14.9 Å². The summed E-state index contributed by atoms with van der Waals surface area (Å²) in [6, 6.07) is 26.5. The summed E-state index contributed by atoms with van der Waals surface area (Å²) in [5.74, 6) is 1.51. The average molecular weight is 589 g/mol. The minimum Gasteiger partial charge on any atom is -0.358 e. The second-order valence-electron chi connectivity index (χ2n) is 11.8. The Bertz CT molecular complexity index is 1400. The van der Waals surface area contributed by atoms with Crippen LogP contribution in [0.5, 0.6) is 0 Å². The van der Waals surface area contributed by atoms with Crippen molar-refractivity contribution in [1.29, 1.82) is 0 Å². The zero-order valence-electron chi connectivity index (χ0n) is 26.4. The Morgan fingerprint density at radius 3 is 1.02 bits per heavy atom. The van der Waals surface area contributed by atoms with Gasteiger partial charge in [0.15, 0.2) is 0 Å². The molecule has 0 radical (unpaired) electrons. The third-order valence-electron chi connectivity index (χ3n) is 7.77. The zero-order valence-corrected chi connectivity index (χ0v) is 27.4. The van der Waals surface area contributed by atoms with Crippen molar-refractivity contribution >= 4 is 33.6 Å². The molecular weight excluding hydrogens is 543 g/mol. The molecule has 0 spiro atoms. The quantitative estimate of drug-likeness (QED) is 0.158. The number of hydrogen-bond donors (Lipinski definition) is 0. The van der Waals surface area contributed by atoms with E-state index >= 15 is 0 Å². The molecule has 4 aromatic rings. The molecule has 0 unspecified atom stereocenters. The third-order valence-corrected chi connectivity index (χ3v) is 7.77. The van der Waals surface area contributed by atoms with E-state index in [0.717, 1.165) is 22.8 Å². The van der Waals surface area contributed by atoms with Gasteiger partial charge in [0.2, 0.25) is 0 Å². The van der Waals surface area contributed by atoms with Crippen molar-refractivity contribution in [2.24, 2.45) is 9.98 Å². The summed E-state index contributed by atoms with van der Waals surface area (Å²) in [6.45, 7) is 18.1. The van der Waals surface area contributed by atoms with Gasteiger partial charge in [-0.2, -0.15) is 0 Å². The first kappa shape index (κ1) is 34.2. The van der Waals surface area contributed by atoms with Crippen LogP contribution in [0.3, 0.4) is 0 Å². The summed E-state index contributed by atoms with van der Waals surface area (Å²) < 4.78 is 0. The van der Waals surface area contributed by atoms with Crippen molar-refractivity contribution in [1.82, 2.24) is 0 Å². The predicted molar refractivity (Wildman–Crippen MR) is 178 cm³/mol. The number of aliphatic imine (C=N–C) groups is 2. The molecule has 0 aliphatic heterocycles. The molecular formula is C38H46N2Ni. The first-order valence-corrected chi connectivity index (χ1v) is 14.1. The molecule has 0 aromatic heterocycles. The molecule has 0 atom stereocenters. The van der Waals surface area contributed by atoms with Crippen LogP contribution < -0.4 is 0 Å². The van der Waals surface area contributed by atoms with Gasteiger partial charge in [-0.05, 0) is 51.3 Å². The molecule has 41 heavy (non-hydrogen) atoms. The van der Waals surface area contributed by atoms with Gasteiger partial charge in [-0.1, -0.05) is 128 Å². The van der Waals surface area contributed by atoms with Crippen molar-refractivity contribution in [2.45, 2.75) is 79.1 Å². The Hall–Kier alpha value is -3.03. The summed E-state index contributed by atoms with van der Waals surface area (Å²) in [5, 5.41) is 2.49. The Balaban J connectivity index is 0.00000196. The molecule has 0 fully saturated rings. The van der Waals surface area contributed by atoms with E-state index in [-0.39, 0.29) is 31.3 Å². The van der Waals surface area contributed by atoms with Crippen LogP contribution in [0.1, 0.15) is 112 Å². The largest absolute Gasteiger partial charge is 2.00 e. The molecule has 0 bridgehead atoms. The first-order valence-electron chi connectivity index (χ1n) is 14.1. The van der Waals surface area contributed by atoms with Gasteiger partial charge in [-0.3, -0.25) is 0 Å². The van der Waals surface area contributed by atoms with Gasteiger partial charge in [0.1, 0.15) is 0 Å². The molecule has 0 saturated heterocycles. The zero-order chi connectivity index (χ0) is 27.1. The van der Waals surface area contributed by atoms with Gasteiger partial charge in [0.05, 0.1) is 22.8 Å². The van der Waals surface area contributed by atoms with E-state index in [1.807, 2.05) is 0 Å². The van der Waals surface area contributed by atoms with Crippen molar-refractivity contribution < 1.29 is 16.5 Å². The Kier molecular flexibility index (Phi) is 11.5. The second kappa shape index (κ2) is 13.8. The molecule has 4 aromatic carbocycles. The van der Waals surface area contributed by atoms with Gasteiger partial charge >= 0.3 is 16.5 Å². The average Bonchev–Trinajstić information content (AvgIpc) is 3.17. The second-order valence-corrected chi connectivity index (χ2v) is 11.8. The maximum absolute atomic E-state index is 5.55. The van der Waals surface area contributed by atoms with Crippen molar-refractivity contribution in [3.63, 3.8) is 0 Å². The van der Waals surface area contributed by atoms with Gasteiger partial charge in [0, 0.05) is 16.5 Å². The van der Waals surface area contributed by atoms with E-state index in [9.17, 15) is 0 Å². The van der Waals surface area contributed by atoms with Crippen LogP contribution in [0.25, 0.3) is 10.8 Å². The molecule has 1 aliphatic carbocycles. The minimum atomic E-state index is 0. The molecule has 5 rings (SSSR count). The van der Waals surface area contributed by atoms with Crippen LogP contribution in [-0.4, -0.2) is 11.4 Å². The third kappa shape index (κ3) is 6.26. The Morgan fingerprint density at radius 2 is 0.732 bits per heavy atom. The Morgan fingerprint density at radius 1 is 0.439 bits per heavy atom. The summed E-state index contributed by atoms with van der Waals surface area (Å²) in [5.41, 5.74) is 11.7. The molecule has 0 saturated carbocycles. The molecule has 0 heterocycles. The fourth-order valence-electron chi connectivity index (χ4n) is 5.72. The van der Waals surface area contributed by atoms with Crippen LogP contribution in [0.4, 0.5) is 11.4 Å². The van der Waals surface area contributed by atoms with E-state index in [2.05, 4.69) is 128 Å². The van der Waals surface area contributed by atoms with Gasteiger partial charge < -0.3 is 14.9 Å². The number of hydrogen-bond acceptors (Lipinski definition) is 2. The van der Waals surface area contributed by atoms with Crippen molar-refractivity contribution in [2.75, 3.05) is 0 Å². The standard InChI is InChI=1S/C36H40N2.2CH3.Ni/c1-21(2)26-15-11-16-27(22(3)4)33(26)37-35-30-19-9-13-25-14-10-20-31(32(25)30)36(35)38-34-28(23(5)6)17-12-18-29(34)24(7)8;;;/h9-24H,1-8H3;2*1H3;/q;2*-1;+2. The number of benzene rings is 4. The maximum atomic E-state index is 5.55. The van der Waals surface area contributed by atoms with E-state index in [1.54, 1.807) is 0 Å². The smallest absolute Gasteiger partial charge is 0.358 e. The monoisotopic (exact) mass is 588 g/mol. The summed E-state index contributed by atoms with van der Waals surface area (Å²) in [6.07, 6.45) is 0. The fraction of sp³-hybridized carbons (Fsp3) is 0.316. The molecule has 0 N–H and O–H groups in total. The molecule has 1 aliphatic rings. The summed E-state index contributed by atoms with van der Waals surface area (Å²) >= 11 is 0. The topological polar surface area (TPSA) is 24.7 Å². The van der Waals surface area contributed by atoms with E-state index in [4.69, 9.17) is 9.98 Å². The summed E-state index contributed by atoms with van der Waals surface area (Å²) in [4.78, 5) is 11.1. The van der Waals surface area contributed by atoms with Crippen molar-refractivity contribution in [3.05, 3.63) is 121 Å². The van der Waals surface area contributed by atoms with Crippen LogP contribution in [-0.2, 0) is 16.5 Å². The van der Waals surface area contributed by atoms with E-state index in [1.165, 1.54) is 44.2 Å². The molecule has 2 nitrogen and oxygen atoms in total. The van der Waals surface area contributed by atoms with Gasteiger partial charge in [-0.15, -0.1) is 0 Å². The van der Waals surface area contributed by atoms with Crippen molar-refractivity contribution in [3.8, 4) is 0 Å². The number of nitrogens with zero attached hydrogens (tertiary/aromatic N) is 2. The number of rotatable bonds is 6. The molecule has 218 valence electrons. The van der Waals surface area contributed by atoms with Gasteiger partial charge in [0.25, 0.3) is 0 Å². The Labute approximate surface area is 259 Å². The molecule has 0 amide bonds. The number of para-hydroxylation sites is 2. The van der Waals surface area contributed by atoms with Gasteiger partial charge in [-0.25, -0.2) is 9.98 Å². The predicted octanol–water partition coefficient (Wildman–Crippen LogP) is 11.5. The SMILES string of the molecule is CC(C)c1cccc(C(C)C)c1N=C1C(=Nc2c(C(C)C)cccc2C(C)C)c2cccc3cccc1c23.[CH3-].[CH3-].[Ni+2]. The minimum absolute atomic E-state index is 0. The van der Waals surface area contributed by atoms with E-state index in [0.29, 0.717) is 23.7 Å². The van der Waals surface area contributed by atoms with Crippen LogP contribution in [0.15, 0.2) is 82.8 Å². The first-order chi connectivity index (χ1) is 18.2. The summed E-state index contributed by atoms with van der Waals surface area (Å²) in [7, 11) is 0. The van der Waals surface area contributed by atoms with Crippen LogP contribution in [0.2, 0.25) is 0 Å². The fourth-order valence-corrected chi connectivity index (χ4v) is 5.72. The maximum Gasteiger partial charge on any atom is 2.00 e. The van der Waals surface area contributed by atoms with Crippen LogP contribution >= 0.6 is 0 Å². The molecule has 3 heteroatoms.